The summed E-state index contributed by atoms with van der Waals surface area (Å²) in [6.07, 6.45) is 0.748. The molecule has 0 saturated heterocycles. The fourth-order valence-corrected chi connectivity index (χ4v) is 5.39. The maximum atomic E-state index is 14.2. The first-order valence-corrected chi connectivity index (χ1v) is 12.0. The van der Waals surface area contributed by atoms with E-state index in [2.05, 4.69) is 15.6 Å². The molecular formula is C27H17Cl2FN4O2. The first-order chi connectivity index (χ1) is 17.4. The molecule has 4 aromatic rings. The van der Waals surface area contributed by atoms with E-state index in [4.69, 9.17) is 23.2 Å². The van der Waals surface area contributed by atoms with Crippen molar-refractivity contribution in [3.8, 4) is 0 Å². The zero-order valence-corrected chi connectivity index (χ0v) is 20.1. The Morgan fingerprint density at radius 1 is 1.14 bits per heavy atom. The summed E-state index contributed by atoms with van der Waals surface area (Å²) in [5.74, 6) is 1.47. The van der Waals surface area contributed by atoms with Crippen molar-refractivity contribution in [1.82, 2.24) is 10.3 Å². The van der Waals surface area contributed by atoms with Crippen molar-refractivity contribution in [1.29, 1.82) is 0 Å². The van der Waals surface area contributed by atoms with Crippen LogP contribution < -0.4 is 15.5 Å². The van der Waals surface area contributed by atoms with Gasteiger partial charge in [-0.05, 0) is 54.4 Å². The number of carbonyl (C=O) groups excluding carboxylic acids is 2. The molecule has 6 rings (SSSR count). The van der Waals surface area contributed by atoms with E-state index in [1.54, 1.807) is 23.1 Å². The van der Waals surface area contributed by atoms with Crippen molar-refractivity contribution in [2.24, 2.45) is 0 Å². The van der Waals surface area contributed by atoms with E-state index in [-0.39, 0.29) is 16.9 Å². The lowest BCUT2D eigenvalue weighted by molar-refractivity contribution is 0.257. The fourth-order valence-electron chi connectivity index (χ4n) is 5.01. The average molecular weight is 519 g/mol. The predicted molar refractivity (Wildman–Crippen MR) is 139 cm³/mol. The third kappa shape index (κ3) is 3.60. The van der Waals surface area contributed by atoms with Crippen LogP contribution >= 0.6 is 23.2 Å². The Labute approximate surface area is 215 Å². The van der Waals surface area contributed by atoms with E-state index in [0.717, 1.165) is 17.7 Å². The van der Waals surface area contributed by atoms with Gasteiger partial charge >= 0.3 is 6.03 Å². The second kappa shape index (κ2) is 8.64. The number of anilines is 2. The Kier molecular flexibility index (Phi) is 5.41. The number of para-hydroxylation sites is 1. The molecule has 2 aliphatic rings. The summed E-state index contributed by atoms with van der Waals surface area (Å²) < 4.78 is 14.2. The van der Waals surface area contributed by atoms with Gasteiger partial charge in [0, 0.05) is 39.3 Å². The molecule has 2 amide bonds. The lowest BCUT2D eigenvalue weighted by Crippen LogP contribution is -2.33. The van der Waals surface area contributed by atoms with Gasteiger partial charge in [-0.2, -0.15) is 0 Å². The van der Waals surface area contributed by atoms with Crippen LogP contribution in [0.3, 0.4) is 0 Å². The van der Waals surface area contributed by atoms with Crippen LogP contribution in [0.25, 0.3) is 16.6 Å². The van der Waals surface area contributed by atoms with Gasteiger partial charge in [0.1, 0.15) is 16.7 Å². The third-order valence-electron chi connectivity index (χ3n) is 6.57. The number of hydrogen-bond acceptors (Lipinski definition) is 4. The second-order valence-electron chi connectivity index (χ2n) is 8.59. The van der Waals surface area contributed by atoms with Gasteiger partial charge in [0.2, 0.25) is 0 Å². The SMILES string of the molecule is O=C=C1NC(c2cc(F)ccc2Cl)c2c(NC(=O)N3CCc4ccccc43)cc3nc(Cl)ccc3c21. The lowest BCUT2D eigenvalue weighted by Gasteiger charge is -2.22. The molecule has 1 aromatic heterocycles. The summed E-state index contributed by atoms with van der Waals surface area (Å²) in [4.78, 5) is 31.6. The number of nitrogens with zero attached hydrogens (tertiary/aromatic N) is 2. The highest BCUT2D eigenvalue weighted by molar-refractivity contribution is 6.31. The number of halogens is 3. The number of benzene rings is 3. The maximum absolute atomic E-state index is 14.2. The molecule has 3 aromatic carbocycles. The molecule has 6 nitrogen and oxygen atoms in total. The van der Waals surface area contributed by atoms with Crippen LogP contribution in [0.1, 0.15) is 28.3 Å². The minimum Gasteiger partial charge on any atom is -0.364 e. The summed E-state index contributed by atoms with van der Waals surface area (Å²) in [6.45, 7) is 0.530. The molecule has 9 heteroatoms. The number of fused-ring (bicyclic) bond motifs is 4. The molecule has 0 saturated carbocycles. The molecule has 0 spiro atoms. The van der Waals surface area contributed by atoms with E-state index in [9.17, 15) is 14.0 Å². The molecule has 1 atom stereocenters. The van der Waals surface area contributed by atoms with E-state index in [1.165, 1.54) is 18.2 Å². The number of hydrogen-bond donors (Lipinski definition) is 2. The average Bonchev–Trinajstić information content (AvgIpc) is 3.48. The van der Waals surface area contributed by atoms with Gasteiger partial charge in [0.05, 0.1) is 17.2 Å². The third-order valence-corrected chi connectivity index (χ3v) is 7.13. The minimum absolute atomic E-state index is 0.159. The lowest BCUT2D eigenvalue weighted by atomic mass is 9.93. The quantitative estimate of drug-likeness (QED) is 0.247. The molecule has 0 fully saturated rings. The van der Waals surface area contributed by atoms with Crippen LogP contribution in [0, 0.1) is 5.82 Å². The molecule has 178 valence electrons. The van der Waals surface area contributed by atoms with Gasteiger partial charge in [0.15, 0.2) is 5.94 Å². The molecule has 3 heterocycles. The van der Waals surface area contributed by atoms with Crippen LogP contribution in [-0.2, 0) is 11.2 Å². The summed E-state index contributed by atoms with van der Waals surface area (Å²) in [5, 5.41) is 7.33. The van der Waals surface area contributed by atoms with Gasteiger partial charge in [0.25, 0.3) is 0 Å². The van der Waals surface area contributed by atoms with Gasteiger partial charge in [-0.25, -0.2) is 19.0 Å². The van der Waals surface area contributed by atoms with Crippen LogP contribution in [0.15, 0.2) is 60.7 Å². The molecule has 36 heavy (non-hydrogen) atoms. The van der Waals surface area contributed by atoms with Crippen LogP contribution in [0.4, 0.5) is 20.6 Å². The Morgan fingerprint density at radius 2 is 1.97 bits per heavy atom. The highest BCUT2D eigenvalue weighted by Crippen LogP contribution is 2.46. The van der Waals surface area contributed by atoms with Crippen LogP contribution in [0.5, 0.6) is 0 Å². The summed E-state index contributed by atoms with van der Waals surface area (Å²) in [7, 11) is 0. The van der Waals surface area contributed by atoms with Crippen molar-refractivity contribution in [2.75, 3.05) is 16.8 Å². The number of nitrogens with one attached hydrogen (secondary N) is 2. The molecule has 0 radical (unpaired) electrons. The van der Waals surface area contributed by atoms with E-state index in [0.29, 0.717) is 44.8 Å². The number of carbonyl (C=O) groups is 1. The van der Waals surface area contributed by atoms with Crippen molar-refractivity contribution < 1.29 is 14.0 Å². The monoisotopic (exact) mass is 518 g/mol. The van der Waals surface area contributed by atoms with Crippen molar-refractivity contribution in [2.45, 2.75) is 12.5 Å². The van der Waals surface area contributed by atoms with Crippen molar-refractivity contribution in [3.05, 3.63) is 98.9 Å². The number of urea groups is 1. The Bertz CT molecular complexity index is 1630. The van der Waals surface area contributed by atoms with Crippen molar-refractivity contribution >= 4 is 63.1 Å². The van der Waals surface area contributed by atoms with Gasteiger partial charge < -0.3 is 10.6 Å². The van der Waals surface area contributed by atoms with E-state index < -0.39 is 11.9 Å². The van der Waals surface area contributed by atoms with E-state index >= 15 is 0 Å². The van der Waals surface area contributed by atoms with Crippen molar-refractivity contribution in [3.63, 3.8) is 0 Å². The summed E-state index contributed by atoms with van der Waals surface area (Å²) in [5.41, 5.74) is 4.47. The Hall–Kier alpha value is -3.90. The largest absolute Gasteiger partial charge is 0.364 e. The number of rotatable bonds is 2. The molecule has 0 aliphatic carbocycles. The smallest absolute Gasteiger partial charge is 0.326 e. The topological polar surface area (TPSA) is 74.3 Å². The Balaban J connectivity index is 1.54. The zero-order valence-electron chi connectivity index (χ0n) is 18.6. The number of amides is 2. The normalized spacial score (nSPS) is 15.9. The minimum atomic E-state index is -0.708. The van der Waals surface area contributed by atoms with Crippen LogP contribution in [-0.4, -0.2) is 23.5 Å². The summed E-state index contributed by atoms with van der Waals surface area (Å²) >= 11 is 12.6. The molecule has 2 aliphatic heterocycles. The molecular weight excluding hydrogens is 502 g/mol. The molecule has 2 N–H and O–H groups in total. The Morgan fingerprint density at radius 3 is 2.81 bits per heavy atom. The second-order valence-corrected chi connectivity index (χ2v) is 9.39. The van der Waals surface area contributed by atoms with Gasteiger partial charge in [-0.3, -0.25) is 4.90 Å². The predicted octanol–water partition coefficient (Wildman–Crippen LogP) is 6.14. The molecule has 0 bridgehead atoms. The highest BCUT2D eigenvalue weighted by atomic mass is 35.5. The van der Waals surface area contributed by atoms with Gasteiger partial charge in [-0.15, -0.1) is 0 Å². The summed E-state index contributed by atoms with van der Waals surface area (Å²) in [6, 6.07) is 15.8. The van der Waals surface area contributed by atoms with E-state index in [1.807, 2.05) is 30.2 Å². The number of aromatic nitrogens is 1. The van der Waals surface area contributed by atoms with Gasteiger partial charge in [-0.1, -0.05) is 41.4 Å². The first kappa shape index (κ1) is 22.6. The molecule has 1 unspecified atom stereocenters. The zero-order chi connectivity index (χ0) is 25.0. The first-order valence-electron chi connectivity index (χ1n) is 11.2. The maximum Gasteiger partial charge on any atom is 0.326 e. The number of pyridine rings is 1. The standard InChI is InChI=1S/C27H17Cl2FN4O2/c28-18-7-5-15(30)11-17(18)26-25-20(33-27(36)34-10-9-14-3-1-2-4-22(14)34)12-19-16(6-8-23(29)31-19)24(25)21(13-35)32-26/h1-8,11-12,26,32H,9-10H2,(H,33,36). The van der Waals surface area contributed by atoms with Crippen LogP contribution in [0.2, 0.25) is 10.2 Å². The highest BCUT2D eigenvalue weighted by Gasteiger charge is 2.35. The fraction of sp³-hybridized carbons (Fsp3) is 0.111.